The van der Waals surface area contributed by atoms with Gasteiger partial charge in [-0.1, -0.05) is 30.3 Å². The standard InChI is InChI=1S/C21H28N4O2/c1-17-11-22-25(12-17)9-8-20(26)24-15-21(16-24)10-19(14-27-21)23(2)13-18-6-4-3-5-7-18/h3-7,11-12,19H,8-10,13-16H2,1-2H3. The van der Waals surface area contributed by atoms with Crippen LogP contribution in [0.15, 0.2) is 42.7 Å². The van der Waals surface area contributed by atoms with Gasteiger partial charge < -0.3 is 9.64 Å². The summed E-state index contributed by atoms with van der Waals surface area (Å²) >= 11 is 0. The second-order valence-electron chi connectivity index (χ2n) is 8.03. The van der Waals surface area contributed by atoms with Gasteiger partial charge in [-0.05, 0) is 31.5 Å². The minimum absolute atomic E-state index is 0.131. The highest BCUT2D eigenvalue weighted by atomic mass is 16.5. The van der Waals surface area contributed by atoms with Crippen molar-refractivity contribution in [2.45, 2.75) is 44.5 Å². The SMILES string of the molecule is Cc1cnn(CCC(=O)N2CC3(CC(N(C)Cc4ccccc4)CO3)C2)c1. The Morgan fingerprint density at radius 3 is 2.81 bits per heavy atom. The molecule has 0 aliphatic carbocycles. The van der Waals surface area contributed by atoms with Gasteiger partial charge in [0, 0.05) is 31.7 Å². The number of nitrogens with zero attached hydrogens (tertiary/aromatic N) is 4. The number of hydrogen-bond acceptors (Lipinski definition) is 4. The zero-order chi connectivity index (χ0) is 18.9. The molecule has 4 rings (SSSR count). The van der Waals surface area contributed by atoms with Crippen LogP contribution in [0.2, 0.25) is 0 Å². The Bertz CT molecular complexity index is 782. The van der Waals surface area contributed by atoms with Crippen molar-refractivity contribution in [2.24, 2.45) is 0 Å². The molecule has 1 spiro atoms. The molecule has 2 aliphatic heterocycles. The van der Waals surface area contributed by atoms with Crippen LogP contribution >= 0.6 is 0 Å². The van der Waals surface area contributed by atoms with Crippen LogP contribution in [0.25, 0.3) is 0 Å². The lowest BCUT2D eigenvalue weighted by atomic mass is 9.88. The van der Waals surface area contributed by atoms with Crippen LogP contribution in [-0.4, -0.2) is 63.9 Å². The highest BCUT2D eigenvalue weighted by molar-refractivity contribution is 5.77. The first-order valence-electron chi connectivity index (χ1n) is 9.68. The van der Waals surface area contributed by atoms with Crippen molar-refractivity contribution in [3.63, 3.8) is 0 Å². The number of carbonyl (C=O) groups is 1. The van der Waals surface area contributed by atoms with E-state index >= 15 is 0 Å². The molecule has 144 valence electrons. The zero-order valence-corrected chi connectivity index (χ0v) is 16.2. The molecule has 6 nitrogen and oxygen atoms in total. The van der Waals surface area contributed by atoms with Crippen molar-refractivity contribution in [2.75, 3.05) is 26.7 Å². The average Bonchev–Trinajstić information content (AvgIpc) is 3.26. The molecular formula is C21H28N4O2. The minimum atomic E-state index is -0.131. The summed E-state index contributed by atoms with van der Waals surface area (Å²) in [6.07, 6.45) is 5.28. The Labute approximate surface area is 160 Å². The van der Waals surface area contributed by atoms with E-state index in [0.29, 0.717) is 19.0 Å². The Balaban J connectivity index is 1.23. The molecule has 0 radical (unpaired) electrons. The van der Waals surface area contributed by atoms with E-state index in [1.165, 1.54) is 5.56 Å². The first-order chi connectivity index (χ1) is 13.0. The molecule has 3 heterocycles. The number of aromatic nitrogens is 2. The lowest BCUT2D eigenvalue weighted by Crippen LogP contribution is -2.63. The van der Waals surface area contributed by atoms with Gasteiger partial charge in [-0.2, -0.15) is 5.10 Å². The molecule has 0 bridgehead atoms. The van der Waals surface area contributed by atoms with Crippen LogP contribution in [0, 0.1) is 6.92 Å². The molecule has 1 atom stereocenters. The molecule has 27 heavy (non-hydrogen) atoms. The Morgan fingerprint density at radius 2 is 2.11 bits per heavy atom. The molecule has 2 aromatic rings. The first-order valence-corrected chi connectivity index (χ1v) is 9.68. The molecule has 1 amide bonds. The number of rotatable bonds is 6. The number of hydrogen-bond donors (Lipinski definition) is 0. The van der Waals surface area contributed by atoms with Gasteiger partial charge in [-0.25, -0.2) is 0 Å². The molecule has 0 N–H and O–H groups in total. The van der Waals surface area contributed by atoms with E-state index in [1.807, 2.05) is 35.0 Å². The third kappa shape index (κ3) is 4.06. The largest absolute Gasteiger partial charge is 0.370 e. The molecule has 1 aromatic carbocycles. The minimum Gasteiger partial charge on any atom is -0.370 e. The number of likely N-dealkylation sites (N-methyl/N-ethyl adjacent to an activating group) is 1. The van der Waals surface area contributed by atoms with E-state index in [4.69, 9.17) is 4.74 Å². The zero-order valence-electron chi connectivity index (χ0n) is 16.2. The van der Waals surface area contributed by atoms with E-state index in [9.17, 15) is 4.79 Å². The molecule has 2 fully saturated rings. The van der Waals surface area contributed by atoms with E-state index in [2.05, 4.69) is 41.3 Å². The lowest BCUT2D eigenvalue weighted by molar-refractivity contribution is -0.158. The van der Waals surface area contributed by atoms with Crippen LogP contribution in [0.1, 0.15) is 24.0 Å². The van der Waals surface area contributed by atoms with E-state index in [-0.39, 0.29) is 11.5 Å². The number of benzene rings is 1. The van der Waals surface area contributed by atoms with Gasteiger partial charge >= 0.3 is 0 Å². The first kappa shape index (κ1) is 18.2. The molecule has 6 heteroatoms. The van der Waals surface area contributed by atoms with Crippen molar-refractivity contribution in [3.05, 3.63) is 53.9 Å². The fourth-order valence-corrected chi connectivity index (χ4v) is 4.11. The normalized spacial score (nSPS) is 21.0. The number of carbonyl (C=O) groups excluding carboxylic acids is 1. The monoisotopic (exact) mass is 368 g/mol. The van der Waals surface area contributed by atoms with Gasteiger partial charge in [-0.15, -0.1) is 0 Å². The Hall–Kier alpha value is -2.18. The fourth-order valence-electron chi connectivity index (χ4n) is 4.11. The van der Waals surface area contributed by atoms with Crippen LogP contribution in [-0.2, 0) is 22.6 Å². The van der Waals surface area contributed by atoms with Gasteiger partial charge in [0.05, 0.1) is 25.9 Å². The smallest absolute Gasteiger partial charge is 0.224 e. The summed E-state index contributed by atoms with van der Waals surface area (Å²) < 4.78 is 7.98. The number of aryl methyl sites for hydroxylation is 2. The Kier molecular flexibility index (Phi) is 5.02. The van der Waals surface area contributed by atoms with E-state index in [0.717, 1.165) is 38.2 Å². The summed E-state index contributed by atoms with van der Waals surface area (Å²) in [4.78, 5) is 16.7. The maximum atomic E-state index is 12.4. The molecule has 2 aliphatic rings. The van der Waals surface area contributed by atoms with Crippen LogP contribution in [0.5, 0.6) is 0 Å². The number of amides is 1. The van der Waals surface area contributed by atoms with Crippen LogP contribution < -0.4 is 0 Å². The average molecular weight is 368 g/mol. The molecule has 1 unspecified atom stereocenters. The molecule has 2 saturated heterocycles. The number of likely N-dealkylation sites (tertiary alicyclic amines) is 1. The Morgan fingerprint density at radius 1 is 1.33 bits per heavy atom. The number of ether oxygens (including phenoxy) is 1. The quantitative estimate of drug-likeness (QED) is 0.783. The van der Waals surface area contributed by atoms with Crippen LogP contribution in [0.3, 0.4) is 0 Å². The van der Waals surface area contributed by atoms with E-state index < -0.39 is 0 Å². The van der Waals surface area contributed by atoms with Gasteiger partial charge in [0.1, 0.15) is 5.60 Å². The van der Waals surface area contributed by atoms with Crippen LogP contribution in [0.4, 0.5) is 0 Å². The topological polar surface area (TPSA) is 50.6 Å². The third-order valence-corrected chi connectivity index (χ3v) is 5.72. The van der Waals surface area contributed by atoms with Gasteiger partial charge in [0.25, 0.3) is 0 Å². The van der Waals surface area contributed by atoms with Gasteiger partial charge in [-0.3, -0.25) is 14.4 Å². The van der Waals surface area contributed by atoms with Gasteiger partial charge in [0.15, 0.2) is 0 Å². The van der Waals surface area contributed by atoms with Crippen molar-refractivity contribution < 1.29 is 9.53 Å². The summed E-state index contributed by atoms with van der Waals surface area (Å²) in [5, 5.41) is 4.24. The predicted octanol–water partition coefficient (Wildman–Crippen LogP) is 2.08. The highest BCUT2D eigenvalue weighted by Crippen LogP contribution is 2.37. The fraction of sp³-hybridized carbons (Fsp3) is 0.524. The molecule has 0 saturated carbocycles. The second-order valence-corrected chi connectivity index (χ2v) is 8.03. The van der Waals surface area contributed by atoms with Gasteiger partial charge in [0.2, 0.25) is 5.91 Å². The second kappa shape index (κ2) is 7.44. The summed E-state index contributed by atoms with van der Waals surface area (Å²) in [6.45, 7) is 5.76. The highest BCUT2D eigenvalue weighted by Gasteiger charge is 2.51. The van der Waals surface area contributed by atoms with E-state index in [1.54, 1.807) is 0 Å². The molecule has 1 aromatic heterocycles. The maximum absolute atomic E-state index is 12.4. The maximum Gasteiger partial charge on any atom is 0.224 e. The van der Waals surface area contributed by atoms with Crippen molar-refractivity contribution in [1.82, 2.24) is 19.6 Å². The summed E-state index contributed by atoms with van der Waals surface area (Å²) in [5.74, 6) is 0.193. The molecular weight excluding hydrogens is 340 g/mol. The predicted molar refractivity (Wildman–Crippen MR) is 103 cm³/mol. The van der Waals surface area contributed by atoms with Crippen molar-refractivity contribution in [3.8, 4) is 0 Å². The van der Waals surface area contributed by atoms with Crippen molar-refractivity contribution in [1.29, 1.82) is 0 Å². The summed E-state index contributed by atoms with van der Waals surface area (Å²) in [7, 11) is 2.16. The summed E-state index contributed by atoms with van der Waals surface area (Å²) in [6, 6.07) is 10.9. The summed E-state index contributed by atoms with van der Waals surface area (Å²) in [5.41, 5.74) is 2.31. The third-order valence-electron chi connectivity index (χ3n) is 5.72. The van der Waals surface area contributed by atoms with Crippen molar-refractivity contribution >= 4 is 5.91 Å². The lowest BCUT2D eigenvalue weighted by Gasteiger charge is -2.47.